The number of hydrogen-bond donors (Lipinski definition) is 0. The molecule has 0 aliphatic heterocycles. The second-order valence-corrected chi connectivity index (χ2v) is 3.64. The maximum atomic E-state index is 12.1. The molecular formula is C13H12N2O2. The summed E-state index contributed by atoms with van der Waals surface area (Å²) >= 11 is 0. The van der Waals surface area contributed by atoms with Crippen LogP contribution in [0.4, 0.5) is 0 Å². The highest BCUT2D eigenvalue weighted by atomic mass is 16.2. The Morgan fingerprint density at radius 1 is 1.24 bits per heavy atom. The molecule has 0 saturated heterocycles. The summed E-state index contributed by atoms with van der Waals surface area (Å²) in [6.45, 7) is 2.27. The van der Waals surface area contributed by atoms with E-state index in [2.05, 4.69) is 5.92 Å². The number of benzene rings is 1. The van der Waals surface area contributed by atoms with Crippen molar-refractivity contribution >= 4 is 10.9 Å². The lowest BCUT2D eigenvalue weighted by atomic mass is 10.2. The van der Waals surface area contributed by atoms with E-state index in [1.807, 2.05) is 0 Å². The Hall–Kier alpha value is -2.28. The van der Waals surface area contributed by atoms with Crippen LogP contribution in [0.15, 0.2) is 33.9 Å². The van der Waals surface area contributed by atoms with Crippen LogP contribution in [-0.2, 0) is 13.1 Å². The molecule has 0 aliphatic rings. The van der Waals surface area contributed by atoms with Crippen molar-refractivity contribution in [1.29, 1.82) is 0 Å². The number of rotatable bonds is 2. The summed E-state index contributed by atoms with van der Waals surface area (Å²) < 4.78 is 2.64. The number of aromatic nitrogens is 2. The molecule has 0 saturated carbocycles. The predicted octanol–water partition coefficient (Wildman–Crippen LogP) is 0.816. The van der Waals surface area contributed by atoms with E-state index in [9.17, 15) is 9.59 Å². The van der Waals surface area contributed by atoms with Crippen LogP contribution in [-0.4, -0.2) is 9.13 Å². The average molecular weight is 228 g/mol. The molecule has 2 aromatic rings. The van der Waals surface area contributed by atoms with Crippen LogP contribution in [0.2, 0.25) is 0 Å². The molecule has 0 N–H and O–H groups in total. The minimum atomic E-state index is -0.353. The Balaban J connectivity index is 3.02. The van der Waals surface area contributed by atoms with Crippen molar-refractivity contribution in [2.75, 3.05) is 0 Å². The van der Waals surface area contributed by atoms with E-state index >= 15 is 0 Å². The zero-order valence-corrected chi connectivity index (χ0v) is 9.51. The van der Waals surface area contributed by atoms with E-state index in [1.54, 1.807) is 31.2 Å². The maximum Gasteiger partial charge on any atom is 0.332 e. The van der Waals surface area contributed by atoms with Gasteiger partial charge in [-0.25, -0.2) is 4.79 Å². The smallest absolute Gasteiger partial charge is 0.282 e. The molecule has 0 unspecified atom stereocenters. The van der Waals surface area contributed by atoms with Crippen LogP contribution in [0.5, 0.6) is 0 Å². The molecule has 2 rings (SSSR count). The van der Waals surface area contributed by atoms with E-state index in [1.165, 1.54) is 9.13 Å². The fourth-order valence-corrected chi connectivity index (χ4v) is 1.89. The van der Waals surface area contributed by atoms with E-state index in [4.69, 9.17) is 6.42 Å². The van der Waals surface area contributed by atoms with Crippen LogP contribution in [0.1, 0.15) is 6.92 Å². The molecule has 4 heteroatoms. The molecule has 86 valence electrons. The van der Waals surface area contributed by atoms with Gasteiger partial charge in [-0.2, -0.15) is 0 Å². The highest BCUT2D eigenvalue weighted by Crippen LogP contribution is 2.06. The van der Waals surface area contributed by atoms with Gasteiger partial charge in [-0.05, 0) is 19.1 Å². The minimum absolute atomic E-state index is 0.166. The Labute approximate surface area is 98.1 Å². The molecule has 1 aromatic carbocycles. The van der Waals surface area contributed by atoms with Gasteiger partial charge < -0.3 is 0 Å². The summed E-state index contributed by atoms with van der Waals surface area (Å²) in [6, 6.07) is 6.99. The highest BCUT2D eigenvalue weighted by molar-refractivity contribution is 5.77. The highest BCUT2D eigenvalue weighted by Gasteiger charge is 2.10. The first-order valence-corrected chi connectivity index (χ1v) is 5.36. The molecule has 0 fully saturated rings. The number of nitrogens with zero attached hydrogens (tertiary/aromatic N) is 2. The van der Waals surface area contributed by atoms with E-state index in [0.29, 0.717) is 17.4 Å². The topological polar surface area (TPSA) is 44.0 Å². The first-order valence-electron chi connectivity index (χ1n) is 5.36. The summed E-state index contributed by atoms with van der Waals surface area (Å²) in [6.07, 6.45) is 5.25. The van der Waals surface area contributed by atoms with E-state index < -0.39 is 0 Å². The van der Waals surface area contributed by atoms with Crippen LogP contribution < -0.4 is 11.2 Å². The molecule has 0 spiro atoms. The van der Waals surface area contributed by atoms with Gasteiger partial charge >= 0.3 is 5.69 Å². The van der Waals surface area contributed by atoms with Gasteiger partial charge in [0.2, 0.25) is 0 Å². The number of terminal acetylenes is 1. The Morgan fingerprint density at radius 2 is 1.94 bits per heavy atom. The van der Waals surface area contributed by atoms with Crippen molar-refractivity contribution in [3.8, 4) is 12.3 Å². The second kappa shape index (κ2) is 4.30. The fourth-order valence-electron chi connectivity index (χ4n) is 1.89. The third-order valence-electron chi connectivity index (χ3n) is 2.70. The molecule has 0 aliphatic carbocycles. The first-order chi connectivity index (χ1) is 8.20. The number of fused-ring (bicyclic) bond motifs is 1. The molecular weight excluding hydrogens is 216 g/mol. The third kappa shape index (κ3) is 1.66. The second-order valence-electron chi connectivity index (χ2n) is 3.64. The van der Waals surface area contributed by atoms with Gasteiger partial charge in [0, 0.05) is 6.54 Å². The molecule has 0 radical (unpaired) electrons. The van der Waals surface area contributed by atoms with Crippen molar-refractivity contribution in [1.82, 2.24) is 9.13 Å². The zero-order valence-electron chi connectivity index (χ0n) is 9.51. The lowest BCUT2D eigenvalue weighted by Crippen LogP contribution is -2.39. The minimum Gasteiger partial charge on any atom is -0.282 e. The Kier molecular flexibility index (Phi) is 2.84. The van der Waals surface area contributed by atoms with Crippen LogP contribution >= 0.6 is 0 Å². The summed E-state index contributed by atoms with van der Waals surface area (Å²) in [5, 5.41) is 0.518. The summed E-state index contributed by atoms with van der Waals surface area (Å²) in [7, 11) is 0. The van der Waals surface area contributed by atoms with Gasteiger partial charge in [0.05, 0.1) is 17.4 Å². The lowest BCUT2D eigenvalue weighted by molar-refractivity contribution is 0.627. The van der Waals surface area contributed by atoms with Crippen molar-refractivity contribution in [3.63, 3.8) is 0 Å². The van der Waals surface area contributed by atoms with Crippen LogP contribution in [0, 0.1) is 12.3 Å². The SMILES string of the molecule is C#CCn1c(=O)n(CC)c(=O)c2ccccc21. The summed E-state index contributed by atoms with van der Waals surface area (Å²) in [5.41, 5.74) is -0.0272. The van der Waals surface area contributed by atoms with E-state index in [-0.39, 0.29) is 17.8 Å². The van der Waals surface area contributed by atoms with Gasteiger partial charge in [-0.1, -0.05) is 18.1 Å². The van der Waals surface area contributed by atoms with Crippen molar-refractivity contribution in [2.45, 2.75) is 20.0 Å². The quantitative estimate of drug-likeness (QED) is 0.714. The standard InChI is InChI=1S/C13H12N2O2/c1-3-9-15-11-8-6-5-7-10(11)12(16)14(4-2)13(15)17/h1,5-8H,4,9H2,2H3. The summed E-state index contributed by atoms with van der Waals surface area (Å²) in [4.78, 5) is 24.1. The van der Waals surface area contributed by atoms with Gasteiger partial charge in [-0.15, -0.1) is 6.42 Å². The largest absolute Gasteiger partial charge is 0.332 e. The van der Waals surface area contributed by atoms with E-state index in [0.717, 1.165) is 0 Å². The molecule has 17 heavy (non-hydrogen) atoms. The zero-order chi connectivity index (χ0) is 12.4. The fraction of sp³-hybridized carbons (Fsp3) is 0.231. The molecule has 0 atom stereocenters. The first kappa shape index (κ1) is 11.2. The Bertz CT molecular complexity index is 717. The molecule has 4 nitrogen and oxygen atoms in total. The van der Waals surface area contributed by atoms with Crippen molar-refractivity contribution in [3.05, 3.63) is 45.1 Å². The van der Waals surface area contributed by atoms with Crippen molar-refractivity contribution in [2.24, 2.45) is 0 Å². The van der Waals surface area contributed by atoms with Gasteiger partial charge in [-0.3, -0.25) is 13.9 Å². The normalized spacial score (nSPS) is 10.4. The summed E-state index contributed by atoms with van der Waals surface area (Å²) in [5.74, 6) is 2.44. The lowest BCUT2D eigenvalue weighted by Gasteiger charge is -2.10. The van der Waals surface area contributed by atoms with Crippen molar-refractivity contribution < 1.29 is 0 Å². The van der Waals surface area contributed by atoms with Crippen LogP contribution in [0.3, 0.4) is 0 Å². The third-order valence-corrected chi connectivity index (χ3v) is 2.70. The maximum absolute atomic E-state index is 12.1. The van der Waals surface area contributed by atoms with Gasteiger partial charge in [0.1, 0.15) is 0 Å². The van der Waals surface area contributed by atoms with Gasteiger partial charge in [0.15, 0.2) is 0 Å². The van der Waals surface area contributed by atoms with Crippen LogP contribution in [0.25, 0.3) is 10.9 Å². The predicted molar refractivity (Wildman–Crippen MR) is 67.0 cm³/mol. The van der Waals surface area contributed by atoms with Gasteiger partial charge in [0.25, 0.3) is 5.56 Å². The molecule has 0 bridgehead atoms. The monoisotopic (exact) mass is 228 g/mol. The number of hydrogen-bond acceptors (Lipinski definition) is 2. The molecule has 1 aromatic heterocycles. The number of para-hydroxylation sites is 1. The average Bonchev–Trinajstić information content (AvgIpc) is 2.35. The Morgan fingerprint density at radius 3 is 2.59 bits per heavy atom. The molecule has 0 amide bonds. The molecule has 1 heterocycles.